The summed E-state index contributed by atoms with van der Waals surface area (Å²) in [4.78, 5) is 27.6. The average molecular weight is 267 g/mol. The second-order valence-electron chi connectivity index (χ2n) is 5.58. The molecular weight excluding hydrogens is 242 g/mol. The van der Waals surface area contributed by atoms with Crippen LogP contribution in [0.15, 0.2) is 0 Å². The lowest BCUT2D eigenvalue weighted by atomic mass is 10.0. The molecule has 19 heavy (non-hydrogen) atoms. The van der Waals surface area contributed by atoms with E-state index in [2.05, 4.69) is 12.2 Å². The van der Waals surface area contributed by atoms with Gasteiger partial charge in [0.15, 0.2) is 0 Å². The van der Waals surface area contributed by atoms with E-state index in [0.29, 0.717) is 25.3 Å². The third kappa shape index (κ3) is 3.93. The van der Waals surface area contributed by atoms with Gasteiger partial charge in [0.25, 0.3) is 0 Å². The molecule has 2 fully saturated rings. The minimum absolute atomic E-state index is 0.188. The Bertz CT molecular complexity index is 327. The zero-order chi connectivity index (χ0) is 13.7. The van der Waals surface area contributed by atoms with Gasteiger partial charge in [0.2, 0.25) is 11.8 Å². The number of hydrogen-bond donors (Lipinski definition) is 1. The SMILES string of the molecule is CCCC1CC(=O)N(CCC(=O)N2CCNCC2)C1. The van der Waals surface area contributed by atoms with Gasteiger partial charge >= 0.3 is 0 Å². The highest BCUT2D eigenvalue weighted by atomic mass is 16.2. The van der Waals surface area contributed by atoms with E-state index in [9.17, 15) is 9.59 Å². The van der Waals surface area contributed by atoms with Gasteiger partial charge < -0.3 is 15.1 Å². The summed E-state index contributed by atoms with van der Waals surface area (Å²) >= 11 is 0. The molecule has 5 nitrogen and oxygen atoms in total. The van der Waals surface area contributed by atoms with E-state index >= 15 is 0 Å². The second kappa shape index (κ2) is 6.89. The van der Waals surface area contributed by atoms with Gasteiger partial charge in [-0.15, -0.1) is 0 Å². The van der Waals surface area contributed by atoms with Crippen LogP contribution in [-0.4, -0.2) is 60.9 Å². The van der Waals surface area contributed by atoms with E-state index in [1.54, 1.807) is 0 Å². The zero-order valence-corrected chi connectivity index (χ0v) is 11.9. The molecule has 1 N–H and O–H groups in total. The van der Waals surface area contributed by atoms with E-state index in [-0.39, 0.29) is 11.8 Å². The quantitative estimate of drug-likeness (QED) is 0.787. The summed E-state index contributed by atoms with van der Waals surface area (Å²) in [6.45, 7) is 6.96. The van der Waals surface area contributed by atoms with Crippen LogP contribution in [0.3, 0.4) is 0 Å². The van der Waals surface area contributed by atoms with Crippen LogP contribution in [0.5, 0.6) is 0 Å². The third-order valence-corrected chi connectivity index (χ3v) is 4.06. The first-order valence-corrected chi connectivity index (χ1v) is 7.47. The Morgan fingerprint density at radius 2 is 2.11 bits per heavy atom. The number of likely N-dealkylation sites (tertiary alicyclic amines) is 1. The summed E-state index contributed by atoms with van der Waals surface area (Å²) in [6.07, 6.45) is 3.40. The van der Waals surface area contributed by atoms with Gasteiger partial charge in [-0.25, -0.2) is 0 Å². The molecule has 1 atom stereocenters. The van der Waals surface area contributed by atoms with Gasteiger partial charge in [-0.3, -0.25) is 9.59 Å². The van der Waals surface area contributed by atoms with Crippen molar-refractivity contribution in [1.29, 1.82) is 0 Å². The Labute approximate surface area is 115 Å². The molecular formula is C14H25N3O2. The van der Waals surface area contributed by atoms with E-state index in [1.165, 1.54) is 0 Å². The van der Waals surface area contributed by atoms with E-state index in [0.717, 1.165) is 45.6 Å². The minimum atomic E-state index is 0.188. The molecule has 0 aromatic heterocycles. The van der Waals surface area contributed by atoms with Crippen molar-refractivity contribution in [3.63, 3.8) is 0 Å². The van der Waals surface area contributed by atoms with Crippen molar-refractivity contribution in [3.8, 4) is 0 Å². The number of nitrogens with one attached hydrogen (secondary N) is 1. The molecule has 0 radical (unpaired) electrons. The fourth-order valence-electron chi connectivity index (χ4n) is 2.97. The first-order chi connectivity index (χ1) is 9.20. The standard InChI is InChI=1S/C14H25N3O2/c1-2-3-12-10-14(19)17(11-12)7-4-13(18)16-8-5-15-6-9-16/h12,15H,2-11H2,1H3. The van der Waals surface area contributed by atoms with Crippen LogP contribution in [0, 0.1) is 5.92 Å². The first-order valence-electron chi connectivity index (χ1n) is 7.47. The van der Waals surface area contributed by atoms with Gasteiger partial charge in [0.1, 0.15) is 0 Å². The highest BCUT2D eigenvalue weighted by Crippen LogP contribution is 2.22. The summed E-state index contributed by atoms with van der Waals surface area (Å²) in [6, 6.07) is 0. The molecule has 2 aliphatic rings. The van der Waals surface area contributed by atoms with Crippen molar-refractivity contribution >= 4 is 11.8 Å². The summed E-state index contributed by atoms with van der Waals surface area (Å²) < 4.78 is 0. The normalized spacial score (nSPS) is 24.1. The Morgan fingerprint density at radius 1 is 1.37 bits per heavy atom. The van der Waals surface area contributed by atoms with E-state index in [4.69, 9.17) is 0 Å². The number of carbonyl (C=O) groups excluding carboxylic acids is 2. The summed E-state index contributed by atoms with van der Waals surface area (Å²) in [5.74, 6) is 0.923. The molecule has 0 aliphatic carbocycles. The predicted molar refractivity (Wildman–Crippen MR) is 73.7 cm³/mol. The second-order valence-corrected chi connectivity index (χ2v) is 5.58. The van der Waals surface area contributed by atoms with Crippen molar-refractivity contribution in [2.45, 2.75) is 32.6 Å². The van der Waals surface area contributed by atoms with E-state index in [1.807, 2.05) is 9.80 Å². The maximum absolute atomic E-state index is 12.0. The highest BCUT2D eigenvalue weighted by molar-refractivity contribution is 5.80. The number of carbonyl (C=O) groups is 2. The molecule has 0 saturated carbocycles. The maximum Gasteiger partial charge on any atom is 0.224 e. The molecule has 108 valence electrons. The largest absolute Gasteiger partial charge is 0.342 e. The fraction of sp³-hybridized carbons (Fsp3) is 0.857. The molecule has 2 saturated heterocycles. The van der Waals surface area contributed by atoms with Crippen molar-refractivity contribution in [1.82, 2.24) is 15.1 Å². The Balaban J connectivity index is 1.72. The third-order valence-electron chi connectivity index (χ3n) is 4.06. The summed E-state index contributed by atoms with van der Waals surface area (Å²) in [5, 5.41) is 3.24. The Hall–Kier alpha value is -1.10. The first kappa shape index (κ1) is 14.3. The van der Waals surface area contributed by atoms with Gasteiger partial charge in [-0.1, -0.05) is 13.3 Å². The molecule has 0 aromatic carbocycles. The van der Waals surface area contributed by atoms with Crippen molar-refractivity contribution in [2.24, 2.45) is 5.92 Å². The van der Waals surface area contributed by atoms with Crippen LogP contribution in [0.1, 0.15) is 32.6 Å². The molecule has 2 heterocycles. The molecule has 2 aliphatic heterocycles. The van der Waals surface area contributed by atoms with Crippen LogP contribution in [0.4, 0.5) is 0 Å². The van der Waals surface area contributed by atoms with Gasteiger partial charge in [-0.05, 0) is 12.3 Å². The summed E-state index contributed by atoms with van der Waals surface area (Å²) in [7, 11) is 0. The fourth-order valence-corrected chi connectivity index (χ4v) is 2.97. The van der Waals surface area contributed by atoms with Gasteiger partial charge in [0.05, 0.1) is 0 Å². The molecule has 0 spiro atoms. The number of piperazine rings is 1. The number of amides is 2. The van der Waals surface area contributed by atoms with Crippen molar-refractivity contribution < 1.29 is 9.59 Å². The average Bonchev–Trinajstić information content (AvgIpc) is 2.78. The number of nitrogens with zero attached hydrogens (tertiary/aromatic N) is 2. The predicted octanol–water partition coefficient (Wildman–Crippen LogP) is 0.457. The van der Waals surface area contributed by atoms with Gasteiger partial charge in [0, 0.05) is 52.1 Å². The van der Waals surface area contributed by atoms with Crippen LogP contribution in [-0.2, 0) is 9.59 Å². The van der Waals surface area contributed by atoms with Crippen molar-refractivity contribution in [2.75, 3.05) is 39.3 Å². The molecule has 1 unspecified atom stereocenters. The zero-order valence-electron chi connectivity index (χ0n) is 11.9. The van der Waals surface area contributed by atoms with Crippen LogP contribution < -0.4 is 5.32 Å². The van der Waals surface area contributed by atoms with Gasteiger partial charge in [-0.2, -0.15) is 0 Å². The van der Waals surface area contributed by atoms with Crippen LogP contribution in [0.2, 0.25) is 0 Å². The molecule has 0 bridgehead atoms. The molecule has 2 amide bonds. The smallest absolute Gasteiger partial charge is 0.224 e. The van der Waals surface area contributed by atoms with Crippen LogP contribution >= 0.6 is 0 Å². The highest BCUT2D eigenvalue weighted by Gasteiger charge is 2.29. The Morgan fingerprint density at radius 3 is 2.79 bits per heavy atom. The lowest BCUT2D eigenvalue weighted by molar-refractivity contribution is -0.133. The van der Waals surface area contributed by atoms with E-state index < -0.39 is 0 Å². The monoisotopic (exact) mass is 267 g/mol. The molecule has 0 aromatic rings. The lowest BCUT2D eigenvalue weighted by Crippen LogP contribution is -2.47. The summed E-state index contributed by atoms with van der Waals surface area (Å²) in [5.41, 5.74) is 0. The lowest BCUT2D eigenvalue weighted by Gasteiger charge is -2.28. The van der Waals surface area contributed by atoms with Crippen LogP contribution in [0.25, 0.3) is 0 Å². The maximum atomic E-state index is 12.0. The number of hydrogen-bond acceptors (Lipinski definition) is 3. The minimum Gasteiger partial charge on any atom is -0.342 e. The van der Waals surface area contributed by atoms with Crippen molar-refractivity contribution in [3.05, 3.63) is 0 Å². The molecule has 2 rings (SSSR count). The Kier molecular flexibility index (Phi) is 5.19. The number of rotatable bonds is 5. The molecule has 5 heteroatoms. The topological polar surface area (TPSA) is 52.7 Å².